The van der Waals surface area contributed by atoms with Crippen LogP contribution >= 0.6 is 11.8 Å². The Bertz CT molecular complexity index is 920. The number of rotatable bonds is 7. The van der Waals surface area contributed by atoms with E-state index in [9.17, 15) is 9.59 Å². The summed E-state index contributed by atoms with van der Waals surface area (Å²) in [6.45, 7) is 8.06. The van der Waals surface area contributed by atoms with Crippen LogP contribution in [0.4, 0.5) is 0 Å². The second-order valence-corrected chi connectivity index (χ2v) is 8.82. The lowest BCUT2D eigenvalue weighted by atomic mass is 10.00. The zero-order chi connectivity index (χ0) is 21.8. The van der Waals surface area contributed by atoms with E-state index in [1.54, 1.807) is 18.9 Å². The number of aliphatic imine (C=N–C) groups is 1. The average molecular weight is 429 g/mol. The van der Waals surface area contributed by atoms with Crippen LogP contribution in [0.5, 0.6) is 5.75 Å². The van der Waals surface area contributed by atoms with Crippen molar-refractivity contribution in [2.45, 2.75) is 45.4 Å². The van der Waals surface area contributed by atoms with Crippen LogP contribution in [0.1, 0.15) is 39.7 Å². The van der Waals surface area contributed by atoms with Gasteiger partial charge in [0, 0.05) is 5.56 Å². The zero-order valence-corrected chi connectivity index (χ0v) is 18.9. The molecule has 0 aromatic heterocycles. The molecule has 0 saturated carbocycles. The fraction of sp³-hybridized carbons (Fsp3) is 0.435. The molecular formula is C23H28N2O4S. The summed E-state index contributed by atoms with van der Waals surface area (Å²) in [6, 6.07) is 7.04. The number of thioether (sulfide) groups is 1. The van der Waals surface area contributed by atoms with Crippen LogP contribution in [0, 0.1) is 5.92 Å². The summed E-state index contributed by atoms with van der Waals surface area (Å²) in [6.07, 6.45) is 4.44. The molecule has 0 N–H and O–H groups in total. The minimum Gasteiger partial charge on any atom is -0.496 e. The molecule has 0 spiro atoms. The first-order valence-electron chi connectivity index (χ1n) is 10.1. The van der Waals surface area contributed by atoms with Crippen molar-refractivity contribution in [1.29, 1.82) is 0 Å². The van der Waals surface area contributed by atoms with Crippen LogP contribution in [-0.2, 0) is 14.3 Å². The van der Waals surface area contributed by atoms with Gasteiger partial charge in [-0.3, -0.25) is 9.69 Å². The van der Waals surface area contributed by atoms with E-state index in [0.29, 0.717) is 29.5 Å². The van der Waals surface area contributed by atoms with Gasteiger partial charge in [-0.05, 0) is 25.3 Å². The van der Waals surface area contributed by atoms with Crippen molar-refractivity contribution in [2.75, 3.05) is 13.7 Å². The third kappa shape index (κ3) is 4.46. The normalized spacial score (nSPS) is 21.3. The van der Waals surface area contributed by atoms with E-state index in [-0.39, 0.29) is 17.1 Å². The van der Waals surface area contributed by atoms with E-state index in [0.717, 1.165) is 11.3 Å². The number of benzene rings is 1. The summed E-state index contributed by atoms with van der Waals surface area (Å²) < 4.78 is 10.9. The Morgan fingerprint density at radius 1 is 1.33 bits per heavy atom. The van der Waals surface area contributed by atoms with Gasteiger partial charge >= 0.3 is 5.97 Å². The lowest BCUT2D eigenvalue weighted by molar-refractivity contribution is -0.140. The smallest absolute Gasteiger partial charge is 0.338 e. The molecule has 1 saturated heterocycles. The summed E-state index contributed by atoms with van der Waals surface area (Å²) in [4.78, 5) is 32.2. The molecule has 1 aromatic carbocycles. The van der Waals surface area contributed by atoms with Crippen molar-refractivity contribution < 1.29 is 19.1 Å². The van der Waals surface area contributed by atoms with Crippen molar-refractivity contribution >= 4 is 34.9 Å². The molecule has 1 amide bonds. The number of allylic oxidation sites excluding steroid dienone is 1. The van der Waals surface area contributed by atoms with Gasteiger partial charge < -0.3 is 9.47 Å². The van der Waals surface area contributed by atoms with Gasteiger partial charge in [0.2, 0.25) is 5.91 Å². The van der Waals surface area contributed by atoms with E-state index in [1.165, 1.54) is 11.8 Å². The highest BCUT2D eigenvalue weighted by Crippen LogP contribution is 2.38. The molecule has 0 aliphatic carbocycles. The number of para-hydroxylation sites is 1. The lowest BCUT2D eigenvalue weighted by Gasteiger charge is -2.31. The number of ether oxygens (including phenoxy) is 2. The van der Waals surface area contributed by atoms with Crippen molar-refractivity contribution in [1.82, 2.24) is 4.90 Å². The summed E-state index contributed by atoms with van der Waals surface area (Å²) >= 11 is 1.45. The number of amides is 1. The average Bonchev–Trinajstić information content (AvgIpc) is 3.05. The van der Waals surface area contributed by atoms with Crippen LogP contribution in [0.3, 0.4) is 0 Å². The number of esters is 1. The van der Waals surface area contributed by atoms with Crippen LogP contribution in [0.25, 0.3) is 6.08 Å². The Hall–Kier alpha value is -2.54. The molecule has 7 heteroatoms. The Labute approximate surface area is 182 Å². The van der Waals surface area contributed by atoms with Crippen molar-refractivity contribution in [3.8, 4) is 5.75 Å². The minimum atomic E-state index is -0.571. The van der Waals surface area contributed by atoms with Gasteiger partial charge in [0.25, 0.3) is 0 Å². The first-order valence-corrected chi connectivity index (χ1v) is 11.0. The monoisotopic (exact) mass is 428 g/mol. The maximum Gasteiger partial charge on any atom is 0.338 e. The molecule has 0 radical (unpaired) electrons. The Morgan fingerprint density at radius 2 is 2.07 bits per heavy atom. The minimum absolute atomic E-state index is 0.0300. The van der Waals surface area contributed by atoms with Crippen LogP contribution in [0.2, 0.25) is 0 Å². The van der Waals surface area contributed by atoms with E-state index in [1.807, 2.05) is 57.2 Å². The number of fused-ring (bicyclic) bond motifs is 1. The van der Waals surface area contributed by atoms with Gasteiger partial charge in [-0.1, -0.05) is 62.9 Å². The Kier molecular flexibility index (Phi) is 7.02. The second-order valence-electron chi connectivity index (χ2n) is 7.65. The van der Waals surface area contributed by atoms with Gasteiger partial charge in [-0.2, -0.15) is 0 Å². The number of carbonyl (C=O) groups excluding carboxylic acids is 2. The molecule has 0 bridgehead atoms. The third-order valence-electron chi connectivity index (χ3n) is 4.93. The molecule has 0 unspecified atom stereocenters. The summed E-state index contributed by atoms with van der Waals surface area (Å²) in [5.41, 5.74) is 1.85. The first-order chi connectivity index (χ1) is 14.4. The molecule has 3 rings (SSSR count). The molecule has 30 heavy (non-hydrogen) atoms. The highest BCUT2D eigenvalue weighted by molar-refractivity contribution is 8.15. The van der Waals surface area contributed by atoms with Crippen LogP contribution in [-0.4, -0.2) is 47.0 Å². The highest BCUT2D eigenvalue weighted by Gasteiger charge is 2.45. The van der Waals surface area contributed by atoms with Crippen molar-refractivity contribution in [3.63, 3.8) is 0 Å². The van der Waals surface area contributed by atoms with Gasteiger partial charge in [0.15, 0.2) is 5.17 Å². The quantitative estimate of drug-likeness (QED) is 0.607. The molecule has 2 heterocycles. The van der Waals surface area contributed by atoms with Gasteiger partial charge in [-0.15, -0.1) is 0 Å². The standard InChI is InChI=1S/C23H28N2O4S/c1-6-19-21(26)25-17(12-11-16-9-7-8-10-18(16)28-5)20(15(4)24-23(25)30-19)22(27)29-13-14(2)3/h7-12,14,17,19H,6,13H2,1-5H3/b12-11+/t17-,19+/m0/s1. The summed E-state index contributed by atoms with van der Waals surface area (Å²) in [5.74, 6) is 0.471. The fourth-order valence-electron chi connectivity index (χ4n) is 3.39. The van der Waals surface area contributed by atoms with Gasteiger partial charge in [-0.25, -0.2) is 9.79 Å². The zero-order valence-electron chi connectivity index (χ0n) is 18.0. The molecule has 2 aliphatic rings. The van der Waals surface area contributed by atoms with Crippen molar-refractivity contribution in [2.24, 2.45) is 10.9 Å². The lowest BCUT2D eigenvalue weighted by Crippen LogP contribution is -2.45. The van der Waals surface area contributed by atoms with E-state index in [2.05, 4.69) is 4.99 Å². The molecule has 1 fully saturated rings. The predicted octanol–water partition coefficient (Wildman–Crippen LogP) is 4.27. The largest absolute Gasteiger partial charge is 0.496 e. The van der Waals surface area contributed by atoms with Crippen LogP contribution in [0.15, 0.2) is 46.6 Å². The third-order valence-corrected chi connectivity index (χ3v) is 6.25. The summed E-state index contributed by atoms with van der Waals surface area (Å²) in [7, 11) is 1.61. The Morgan fingerprint density at radius 3 is 2.73 bits per heavy atom. The number of hydrogen-bond acceptors (Lipinski definition) is 6. The molecule has 2 atom stereocenters. The van der Waals surface area contributed by atoms with Crippen LogP contribution < -0.4 is 4.74 Å². The molecule has 6 nitrogen and oxygen atoms in total. The molecular weight excluding hydrogens is 400 g/mol. The molecule has 160 valence electrons. The SMILES string of the molecule is CC[C@H]1SC2=NC(C)=C(C(=O)OCC(C)C)[C@H](/C=C/c3ccccc3OC)N2C1=O. The van der Waals surface area contributed by atoms with E-state index < -0.39 is 12.0 Å². The fourth-order valence-corrected chi connectivity index (χ4v) is 4.54. The van der Waals surface area contributed by atoms with Gasteiger partial charge in [0.1, 0.15) is 5.75 Å². The number of amidine groups is 1. The summed E-state index contributed by atoms with van der Waals surface area (Å²) in [5, 5.41) is 0.448. The Balaban J connectivity index is 2.01. The maximum absolute atomic E-state index is 13.0. The second kappa shape index (κ2) is 9.51. The maximum atomic E-state index is 13.0. The topological polar surface area (TPSA) is 68.2 Å². The first kappa shape index (κ1) is 22.2. The van der Waals surface area contributed by atoms with E-state index >= 15 is 0 Å². The number of methoxy groups -OCH3 is 1. The number of hydrogen-bond donors (Lipinski definition) is 0. The van der Waals surface area contributed by atoms with Gasteiger partial charge in [0.05, 0.1) is 36.3 Å². The van der Waals surface area contributed by atoms with E-state index in [4.69, 9.17) is 9.47 Å². The predicted molar refractivity (Wildman–Crippen MR) is 120 cm³/mol. The number of carbonyl (C=O) groups is 2. The number of nitrogens with zero attached hydrogens (tertiary/aromatic N) is 2. The molecule has 1 aromatic rings. The highest BCUT2D eigenvalue weighted by atomic mass is 32.2. The van der Waals surface area contributed by atoms with Crippen molar-refractivity contribution in [3.05, 3.63) is 47.2 Å². The molecule has 2 aliphatic heterocycles.